The first-order valence-electron chi connectivity index (χ1n) is 5.45. The Morgan fingerprint density at radius 3 is 2.41 bits per heavy atom. The number of aliphatic carboxylic acids is 1. The third-order valence-electron chi connectivity index (χ3n) is 2.70. The van der Waals surface area contributed by atoms with Crippen molar-refractivity contribution >= 4 is 16.2 Å². The first-order chi connectivity index (χ1) is 7.83. The third-order valence-corrected chi connectivity index (χ3v) is 4.25. The van der Waals surface area contributed by atoms with Crippen molar-refractivity contribution in [3.63, 3.8) is 0 Å². The van der Waals surface area contributed by atoms with Crippen molar-refractivity contribution in [2.24, 2.45) is 5.92 Å². The minimum atomic E-state index is -3.50. The van der Waals surface area contributed by atoms with Gasteiger partial charge >= 0.3 is 5.97 Å². The molecule has 1 fully saturated rings. The Morgan fingerprint density at radius 2 is 2.00 bits per heavy atom. The van der Waals surface area contributed by atoms with Crippen LogP contribution in [-0.2, 0) is 15.0 Å². The molecule has 1 heterocycles. The Morgan fingerprint density at radius 1 is 1.47 bits per heavy atom. The summed E-state index contributed by atoms with van der Waals surface area (Å²) in [4.78, 5) is 10.7. The molecule has 0 atom stereocenters. The fraction of sp³-hybridized carbons (Fsp3) is 0.700. The van der Waals surface area contributed by atoms with Gasteiger partial charge in [-0.05, 0) is 19.8 Å². The van der Waals surface area contributed by atoms with Crippen molar-refractivity contribution in [3.05, 3.63) is 12.2 Å². The highest BCUT2D eigenvalue weighted by Gasteiger charge is 2.30. The van der Waals surface area contributed by atoms with Crippen molar-refractivity contribution in [1.29, 1.82) is 0 Å². The molecular weight excluding hydrogens is 244 g/mol. The van der Waals surface area contributed by atoms with Gasteiger partial charge in [0.2, 0.25) is 0 Å². The Balaban J connectivity index is 2.52. The standard InChI is InChI=1S/C10H18N2O4S/c1-8(2)7-11-17(15,16)12-5-3-9(4-6-12)10(13)14/h9,11H,1,3-7H2,2H3,(H,13,14). The van der Waals surface area contributed by atoms with Crippen molar-refractivity contribution in [2.75, 3.05) is 19.6 Å². The molecule has 2 N–H and O–H groups in total. The highest BCUT2D eigenvalue weighted by molar-refractivity contribution is 7.87. The van der Waals surface area contributed by atoms with E-state index >= 15 is 0 Å². The van der Waals surface area contributed by atoms with E-state index in [2.05, 4.69) is 11.3 Å². The summed E-state index contributed by atoms with van der Waals surface area (Å²) in [6, 6.07) is 0. The highest BCUT2D eigenvalue weighted by Crippen LogP contribution is 2.19. The molecule has 6 nitrogen and oxygen atoms in total. The summed E-state index contributed by atoms with van der Waals surface area (Å²) in [7, 11) is -3.50. The van der Waals surface area contributed by atoms with Crippen LogP contribution >= 0.6 is 0 Å². The second-order valence-corrected chi connectivity index (χ2v) is 6.05. The van der Waals surface area contributed by atoms with Gasteiger partial charge in [0.1, 0.15) is 0 Å². The predicted molar refractivity (Wildman–Crippen MR) is 63.7 cm³/mol. The van der Waals surface area contributed by atoms with Crippen LogP contribution in [0.3, 0.4) is 0 Å². The van der Waals surface area contributed by atoms with Gasteiger partial charge in [-0.25, -0.2) is 0 Å². The molecule has 0 aromatic rings. The number of carboxylic acids is 1. The molecule has 1 aliphatic heterocycles. The number of nitrogens with one attached hydrogen (secondary N) is 1. The number of piperidine rings is 1. The van der Waals surface area contributed by atoms with E-state index in [9.17, 15) is 13.2 Å². The second-order valence-electron chi connectivity index (χ2n) is 4.29. The van der Waals surface area contributed by atoms with E-state index in [1.165, 1.54) is 4.31 Å². The van der Waals surface area contributed by atoms with Crippen LogP contribution in [0.15, 0.2) is 12.2 Å². The summed E-state index contributed by atoms with van der Waals surface area (Å²) in [5.41, 5.74) is 0.731. The first-order valence-corrected chi connectivity index (χ1v) is 6.89. The molecule has 1 rings (SSSR count). The molecule has 0 radical (unpaired) electrons. The first kappa shape index (κ1) is 14.1. The van der Waals surface area contributed by atoms with Crippen LogP contribution in [0.2, 0.25) is 0 Å². The monoisotopic (exact) mass is 262 g/mol. The lowest BCUT2D eigenvalue weighted by molar-refractivity contribution is -0.142. The summed E-state index contributed by atoms with van der Waals surface area (Å²) in [6.07, 6.45) is 0.729. The van der Waals surface area contributed by atoms with Gasteiger partial charge in [0.25, 0.3) is 10.2 Å². The van der Waals surface area contributed by atoms with Crippen molar-refractivity contribution < 1.29 is 18.3 Å². The molecular formula is C10H18N2O4S. The Hall–Kier alpha value is -0.920. The summed E-state index contributed by atoms with van der Waals surface area (Å²) >= 11 is 0. The lowest BCUT2D eigenvalue weighted by Gasteiger charge is -2.29. The molecule has 0 amide bonds. The van der Waals surface area contributed by atoms with Crippen LogP contribution in [-0.4, -0.2) is 43.4 Å². The molecule has 0 bridgehead atoms. The number of hydrogen-bond donors (Lipinski definition) is 2. The normalized spacial score (nSPS) is 19.1. The van der Waals surface area contributed by atoms with Crippen LogP contribution in [0.25, 0.3) is 0 Å². The zero-order valence-electron chi connectivity index (χ0n) is 9.85. The van der Waals surface area contributed by atoms with Gasteiger partial charge in [0.05, 0.1) is 5.92 Å². The number of hydrogen-bond acceptors (Lipinski definition) is 3. The quantitative estimate of drug-likeness (QED) is 0.693. The Bertz CT molecular complexity index is 397. The van der Waals surface area contributed by atoms with Crippen LogP contribution in [0, 0.1) is 5.92 Å². The molecule has 0 aromatic heterocycles. The predicted octanol–water partition coefficient (Wildman–Crippen LogP) is 0.193. The molecule has 0 spiro atoms. The lowest BCUT2D eigenvalue weighted by Crippen LogP contribution is -2.46. The number of carboxylic acid groups (broad SMARTS) is 1. The minimum Gasteiger partial charge on any atom is -0.481 e. The summed E-state index contributed by atoms with van der Waals surface area (Å²) < 4.78 is 27.3. The molecule has 1 saturated heterocycles. The van der Waals surface area contributed by atoms with E-state index in [1.54, 1.807) is 6.92 Å². The number of rotatable bonds is 5. The maximum absolute atomic E-state index is 11.8. The molecule has 7 heteroatoms. The summed E-state index contributed by atoms with van der Waals surface area (Å²) in [5, 5.41) is 8.81. The van der Waals surface area contributed by atoms with Crippen LogP contribution in [0.4, 0.5) is 0 Å². The zero-order valence-corrected chi connectivity index (χ0v) is 10.7. The lowest BCUT2D eigenvalue weighted by atomic mass is 9.99. The van der Waals surface area contributed by atoms with Gasteiger partial charge in [-0.2, -0.15) is 17.4 Å². The molecule has 1 aliphatic rings. The fourth-order valence-corrected chi connectivity index (χ4v) is 2.95. The maximum atomic E-state index is 11.8. The van der Waals surface area contributed by atoms with Gasteiger partial charge in [0, 0.05) is 19.6 Å². The van der Waals surface area contributed by atoms with E-state index in [4.69, 9.17) is 5.11 Å². The van der Waals surface area contributed by atoms with Gasteiger partial charge in [-0.3, -0.25) is 4.79 Å². The molecule has 17 heavy (non-hydrogen) atoms. The minimum absolute atomic E-state index is 0.210. The Kier molecular flexibility index (Phi) is 4.67. The molecule has 98 valence electrons. The van der Waals surface area contributed by atoms with E-state index in [0.717, 1.165) is 5.57 Å². The van der Waals surface area contributed by atoms with Gasteiger partial charge in [-0.15, -0.1) is 0 Å². The number of nitrogens with zero attached hydrogens (tertiary/aromatic N) is 1. The molecule has 0 aromatic carbocycles. The van der Waals surface area contributed by atoms with E-state index in [0.29, 0.717) is 12.8 Å². The number of carbonyl (C=O) groups is 1. The summed E-state index contributed by atoms with van der Waals surface area (Å²) in [5.74, 6) is -1.28. The molecule has 0 saturated carbocycles. The van der Waals surface area contributed by atoms with Crippen LogP contribution in [0.5, 0.6) is 0 Å². The van der Waals surface area contributed by atoms with E-state index in [1.807, 2.05) is 0 Å². The van der Waals surface area contributed by atoms with Gasteiger partial charge in [-0.1, -0.05) is 12.2 Å². The van der Waals surface area contributed by atoms with Gasteiger partial charge < -0.3 is 5.11 Å². The average Bonchev–Trinajstić information content (AvgIpc) is 2.27. The second kappa shape index (κ2) is 5.61. The van der Waals surface area contributed by atoms with Crippen LogP contribution in [0.1, 0.15) is 19.8 Å². The van der Waals surface area contributed by atoms with Crippen molar-refractivity contribution in [2.45, 2.75) is 19.8 Å². The highest BCUT2D eigenvalue weighted by atomic mass is 32.2. The molecule has 0 aliphatic carbocycles. The van der Waals surface area contributed by atoms with Gasteiger partial charge in [0.15, 0.2) is 0 Å². The topological polar surface area (TPSA) is 86.7 Å². The van der Waals surface area contributed by atoms with Crippen LogP contribution < -0.4 is 4.72 Å². The average molecular weight is 262 g/mol. The largest absolute Gasteiger partial charge is 0.481 e. The van der Waals surface area contributed by atoms with Crippen molar-refractivity contribution in [3.8, 4) is 0 Å². The maximum Gasteiger partial charge on any atom is 0.306 e. The smallest absolute Gasteiger partial charge is 0.306 e. The Labute approximate surface area is 101 Å². The SMILES string of the molecule is C=C(C)CNS(=O)(=O)N1CCC(C(=O)O)CC1. The summed E-state index contributed by atoms with van der Waals surface area (Å²) in [6.45, 7) is 6.07. The van der Waals surface area contributed by atoms with E-state index in [-0.39, 0.29) is 19.6 Å². The molecule has 0 unspecified atom stereocenters. The third kappa shape index (κ3) is 4.10. The zero-order chi connectivity index (χ0) is 13.1. The fourth-order valence-electron chi connectivity index (χ4n) is 1.65. The van der Waals surface area contributed by atoms with E-state index < -0.39 is 22.1 Å². The van der Waals surface area contributed by atoms with Crippen molar-refractivity contribution in [1.82, 2.24) is 9.03 Å².